The minimum absolute atomic E-state index is 0.178. The molecule has 1 unspecified atom stereocenters. The molecule has 1 aromatic heterocycles. The summed E-state index contributed by atoms with van der Waals surface area (Å²) in [4.78, 5) is 8.31. The van der Waals surface area contributed by atoms with Crippen LogP contribution < -0.4 is 5.73 Å². The van der Waals surface area contributed by atoms with E-state index in [9.17, 15) is 8.78 Å². The predicted octanol–water partition coefficient (Wildman–Crippen LogP) is 2.75. The van der Waals surface area contributed by atoms with Crippen molar-refractivity contribution in [2.45, 2.75) is 19.9 Å². The number of nitrogens with two attached hydrogens (primary N) is 1. The summed E-state index contributed by atoms with van der Waals surface area (Å²) in [5.41, 5.74) is 7.59. The Labute approximate surface area is 104 Å². The van der Waals surface area contributed by atoms with Crippen LogP contribution in [0.1, 0.15) is 24.2 Å². The van der Waals surface area contributed by atoms with Gasteiger partial charge in [0.2, 0.25) is 0 Å². The van der Waals surface area contributed by atoms with E-state index >= 15 is 0 Å². The second-order valence-electron chi connectivity index (χ2n) is 4.18. The van der Waals surface area contributed by atoms with Gasteiger partial charge in [-0.15, -0.1) is 0 Å². The van der Waals surface area contributed by atoms with E-state index in [-0.39, 0.29) is 11.9 Å². The highest BCUT2D eigenvalue weighted by molar-refractivity contribution is 5.55. The molecule has 0 spiro atoms. The lowest BCUT2D eigenvalue weighted by molar-refractivity contribution is 0.584. The molecule has 2 aromatic rings. The molecule has 0 bridgehead atoms. The third kappa shape index (κ3) is 2.51. The Morgan fingerprint density at radius 3 is 2.28 bits per heavy atom. The summed E-state index contributed by atoms with van der Waals surface area (Å²) in [6, 6.07) is 3.03. The van der Waals surface area contributed by atoms with Gasteiger partial charge in [-0.1, -0.05) is 0 Å². The number of hydrogen-bond donors (Lipinski definition) is 1. The minimum Gasteiger partial charge on any atom is -0.324 e. The first-order valence-electron chi connectivity index (χ1n) is 5.53. The van der Waals surface area contributed by atoms with Crippen molar-refractivity contribution in [1.29, 1.82) is 0 Å². The molecule has 0 fully saturated rings. The lowest BCUT2D eigenvalue weighted by Gasteiger charge is -2.09. The monoisotopic (exact) mass is 249 g/mol. The van der Waals surface area contributed by atoms with E-state index in [2.05, 4.69) is 9.97 Å². The standard InChI is InChI=1S/C13H13F2N3/c1-7(16)12-6-17-13(18-8(12)2)9-3-10(14)5-11(15)4-9/h3-7H,16H2,1-2H3. The van der Waals surface area contributed by atoms with Gasteiger partial charge in [0.25, 0.3) is 0 Å². The van der Waals surface area contributed by atoms with Crippen LogP contribution in [0.4, 0.5) is 8.78 Å². The SMILES string of the molecule is Cc1nc(-c2cc(F)cc(F)c2)ncc1C(C)N. The number of hydrogen-bond acceptors (Lipinski definition) is 3. The van der Waals surface area contributed by atoms with Gasteiger partial charge in [-0.3, -0.25) is 0 Å². The highest BCUT2D eigenvalue weighted by Crippen LogP contribution is 2.20. The van der Waals surface area contributed by atoms with Crippen LogP contribution in [0.2, 0.25) is 0 Å². The van der Waals surface area contributed by atoms with Gasteiger partial charge in [-0.25, -0.2) is 18.7 Å². The summed E-state index contributed by atoms with van der Waals surface area (Å²) in [6.45, 7) is 3.62. The number of aromatic nitrogens is 2. The zero-order valence-corrected chi connectivity index (χ0v) is 10.1. The van der Waals surface area contributed by atoms with Gasteiger partial charge in [-0.05, 0) is 26.0 Å². The fourth-order valence-electron chi connectivity index (χ4n) is 1.75. The fraction of sp³-hybridized carbons (Fsp3) is 0.231. The average molecular weight is 249 g/mol. The first-order valence-corrected chi connectivity index (χ1v) is 5.53. The largest absolute Gasteiger partial charge is 0.324 e. The van der Waals surface area contributed by atoms with Gasteiger partial charge in [-0.2, -0.15) is 0 Å². The first kappa shape index (κ1) is 12.6. The van der Waals surface area contributed by atoms with Crippen LogP contribution in [0.25, 0.3) is 11.4 Å². The second-order valence-corrected chi connectivity index (χ2v) is 4.18. The maximum atomic E-state index is 13.1. The highest BCUT2D eigenvalue weighted by atomic mass is 19.1. The van der Waals surface area contributed by atoms with Gasteiger partial charge >= 0.3 is 0 Å². The number of aryl methyl sites for hydroxylation is 1. The number of halogens is 2. The van der Waals surface area contributed by atoms with E-state index in [0.717, 1.165) is 11.6 Å². The van der Waals surface area contributed by atoms with E-state index in [0.29, 0.717) is 11.3 Å². The van der Waals surface area contributed by atoms with Crippen molar-refractivity contribution < 1.29 is 8.78 Å². The summed E-state index contributed by atoms with van der Waals surface area (Å²) in [7, 11) is 0. The van der Waals surface area contributed by atoms with Crippen molar-refractivity contribution >= 4 is 0 Å². The third-order valence-electron chi connectivity index (χ3n) is 2.63. The van der Waals surface area contributed by atoms with Crippen LogP contribution in [0.3, 0.4) is 0 Å². The van der Waals surface area contributed by atoms with Crippen LogP contribution >= 0.6 is 0 Å². The van der Waals surface area contributed by atoms with Crippen molar-refractivity contribution in [2.75, 3.05) is 0 Å². The Morgan fingerprint density at radius 1 is 1.17 bits per heavy atom. The van der Waals surface area contributed by atoms with Crippen LogP contribution in [0.5, 0.6) is 0 Å². The van der Waals surface area contributed by atoms with Crippen molar-refractivity contribution in [3.63, 3.8) is 0 Å². The Balaban J connectivity index is 2.48. The van der Waals surface area contributed by atoms with E-state index in [1.807, 2.05) is 6.92 Å². The molecule has 0 saturated heterocycles. The van der Waals surface area contributed by atoms with Crippen LogP contribution in [-0.4, -0.2) is 9.97 Å². The van der Waals surface area contributed by atoms with E-state index in [1.165, 1.54) is 12.1 Å². The summed E-state index contributed by atoms with van der Waals surface area (Å²) >= 11 is 0. The summed E-state index contributed by atoms with van der Waals surface area (Å²) in [5.74, 6) is -1.01. The Morgan fingerprint density at radius 2 is 1.78 bits per heavy atom. The Hall–Kier alpha value is -1.88. The molecule has 2 rings (SSSR count). The van der Waals surface area contributed by atoms with Crippen molar-refractivity contribution in [3.05, 3.63) is 47.3 Å². The van der Waals surface area contributed by atoms with Gasteiger partial charge < -0.3 is 5.73 Å². The molecule has 18 heavy (non-hydrogen) atoms. The van der Waals surface area contributed by atoms with Crippen LogP contribution in [0.15, 0.2) is 24.4 Å². The van der Waals surface area contributed by atoms with Gasteiger partial charge in [0.1, 0.15) is 11.6 Å². The molecule has 94 valence electrons. The van der Waals surface area contributed by atoms with E-state index < -0.39 is 11.6 Å². The van der Waals surface area contributed by atoms with Crippen LogP contribution in [-0.2, 0) is 0 Å². The third-order valence-corrected chi connectivity index (χ3v) is 2.63. The Bertz CT molecular complexity index is 562. The predicted molar refractivity (Wildman–Crippen MR) is 64.7 cm³/mol. The molecule has 0 saturated carbocycles. The number of benzene rings is 1. The van der Waals surface area contributed by atoms with Crippen LogP contribution in [0, 0.1) is 18.6 Å². The highest BCUT2D eigenvalue weighted by Gasteiger charge is 2.10. The maximum Gasteiger partial charge on any atom is 0.159 e. The van der Waals surface area contributed by atoms with Crippen molar-refractivity contribution in [3.8, 4) is 11.4 Å². The molecule has 2 N–H and O–H groups in total. The molecule has 0 amide bonds. The van der Waals surface area contributed by atoms with Gasteiger partial charge in [0, 0.05) is 35.1 Å². The molecular weight excluding hydrogens is 236 g/mol. The number of rotatable bonds is 2. The van der Waals surface area contributed by atoms with Gasteiger partial charge in [0.15, 0.2) is 5.82 Å². The Kier molecular flexibility index (Phi) is 3.34. The van der Waals surface area contributed by atoms with Crippen molar-refractivity contribution in [1.82, 2.24) is 9.97 Å². The molecule has 0 aliphatic carbocycles. The molecule has 1 atom stereocenters. The number of nitrogens with zero attached hydrogens (tertiary/aromatic N) is 2. The topological polar surface area (TPSA) is 51.8 Å². The smallest absolute Gasteiger partial charge is 0.159 e. The lowest BCUT2D eigenvalue weighted by atomic mass is 10.1. The zero-order valence-electron chi connectivity index (χ0n) is 10.1. The molecule has 0 aliphatic rings. The summed E-state index contributed by atoms with van der Waals surface area (Å²) in [6.07, 6.45) is 1.59. The second kappa shape index (κ2) is 4.78. The minimum atomic E-state index is -0.650. The first-order chi connectivity index (χ1) is 8.47. The maximum absolute atomic E-state index is 13.1. The van der Waals surface area contributed by atoms with E-state index in [1.54, 1.807) is 13.1 Å². The summed E-state index contributed by atoms with van der Waals surface area (Å²) < 4.78 is 26.2. The molecule has 0 aliphatic heterocycles. The quantitative estimate of drug-likeness (QED) is 0.890. The molecule has 1 heterocycles. The normalized spacial score (nSPS) is 12.5. The molecule has 5 heteroatoms. The molecule has 0 radical (unpaired) electrons. The zero-order chi connectivity index (χ0) is 13.3. The van der Waals surface area contributed by atoms with Gasteiger partial charge in [0.05, 0.1) is 0 Å². The summed E-state index contributed by atoms with van der Waals surface area (Å²) in [5, 5.41) is 0. The fourth-order valence-corrected chi connectivity index (χ4v) is 1.75. The molecule has 1 aromatic carbocycles. The van der Waals surface area contributed by atoms with E-state index in [4.69, 9.17) is 5.73 Å². The molecular formula is C13H13F2N3. The lowest BCUT2D eigenvalue weighted by Crippen LogP contribution is -2.09. The van der Waals surface area contributed by atoms with Crippen molar-refractivity contribution in [2.24, 2.45) is 5.73 Å². The average Bonchev–Trinajstić information content (AvgIpc) is 2.26. The molecule has 3 nitrogen and oxygen atoms in total.